The van der Waals surface area contributed by atoms with Crippen molar-refractivity contribution < 1.29 is 9.47 Å². The predicted octanol–water partition coefficient (Wildman–Crippen LogP) is 23.8. The Morgan fingerprint density at radius 1 is 0.211 bits per heavy atom. The Labute approximate surface area is 531 Å². The van der Waals surface area contributed by atoms with Crippen LogP contribution in [-0.2, 0) is 21.7 Å². The van der Waals surface area contributed by atoms with Gasteiger partial charge in [-0.2, -0.15) is 0 Å². The van der Waals surface area contributed by atoms with E-state index >= 15 is 0 Å². The Hall–Kier alpha value is -10.4. The molecule has 0 saturated heterocycles. The van der Waals surface area contributed by atoms with Crippen molar-refractivity contribution in [2.24, 2.45) is 0 Å². The SMILES string of the molecule is CC(C)(c1ccccc1)c1ccc(N(c2ccc(Oc3cccc(Oc4ccc(N(c5ccc(C(C)(C)c6ccccc6)cc5)c5ccc(C(C)(C)c6ccccc6)c6ccccc56)cc4)c3)cc2)c2ccc(C(C)(C)c3ccccc3)c3ccccc23)cc1. The van der Waals surface area contributed by atoms with E-state index in [-0.39, 0.29) is 21.7 Å². The fraction of sp³-hybridized carbons (Fsp3) is 0.140. The molecule has 0 atom stereocenters. The van der Waals surface area contributed by atoms with Crippen LogP contribution in [-0.4, -0.2) is 0 Å². The summed E-state index contributed by atoms with van der Waals surface area (Å²) in [5.74, 6) is 2.77. The van der Waals surface area contributed by atoms with Crippen LogP contribution in [0.2, 0.25) is 0 Å². The summed E-state index contributed by atoms with van der Waals surface area (Å²) in [6.45, 7) is 18.5. The highest BCUT2D eigenvalue weighted by molar-refractivity contribution is 6.02. The van der Waals surface area contributed by atoms with Gasteiger partial charge < -0.3 is 19.3 Å². The quantitative estimate of drug-likeness (QED) is 0.0855. The van der Waals surface area contributed by atoms with E-state index in [1.54, 1.807) is 0 Å². The maximum atomic E-state index is 6.65. The Morgan fingerprint density at radius 2 is 0.478 bits per heavy atom. The second kappa shape index (κ2) is 24.3. The van der Waals surface area contributed by atoms with Crippen LogP contribution in [0.4, 0.5) is 34.1 Å². The maximum absolute atomic E-state index is 6.65. The van der Waals surface area contributed by atoms with E-state index in [0.29, 0.717) is 23.0 Å². The van der Waals surface area contributed by atoms with Crippen molar-refractivity contribution in [1.29, 1.82) is 0 Å². The van der Waals surface area contributed by atoms with Gasteiger partial charge in [0.05, 0.1) is 11.4 Å². The van der Waals surface area contributed by atoms with Crippen molar-refractivity contribution in [2.45, 2.75) is 77.0 Å². The second-order valence-corrected chi connectivity index (χ2v) is 25.8. The molecular weight excluding hydrogens is 1090 g/mol. The summed E-state index contributed by atoms with van der Waals surface area (Å²) in [6.07, 6.45) is 0. The van der Waals surface area contributed by atoms with Crippen molar-refractivity contribution in [3.63, 3.8) is 0 Å². The van der Waals surface area contributed by atoms with Crippen LogP contribution in [0.5, 0.6) is 23.0 Å². The van der Waals surface area contributed by atoms with E-state index in [4.69, 9.17) is 9.47 Å². The van der Waals surface area contributed by atoms with Gasteiger partial charge in [-0.25, -0.2) is 0 Å². The number of hydrogen-bond acceptors (Lipinski definition) is 4. The highest BCUT2D eigenvalue weighted by Crippen LogP contribution is 2.48. The minimum absolute atomic E-state index is 0.184. The van der Waals surface area contributed by atoms with E-state index in [1.807, 2.05) is 24.3 Å². The van der Waals surface area contributed by atoms with Gasteiger partial charge in [-0.15, -0.1) is 0 Å². The molecule has 0 radical (unpaired) electrons. The highest BCUT2D eigenvalue weighted by Gasteiger charge is 2.31. The molecule has 4 nitrogen and oxygen atoms in total. The summed E-state index contributed by atoms with van der Waals surface area (Å²) >= 11 is 0. The van der Waals surface area contributed by atoms with Crippen molar-refractivity contribution in [1.82, 2.24) is 0 Å². The van der Waals surface area contributed by atoms with Gasteiger partial charge in [-0.1, -0.05) is 268 Å². The van der Waals surface area contributed by atoms with Gasteiger partial charge in [-0.3, -0.25) is 0 Å². The number of ether oxygens (including phenoxy) is 2. The van der Waals surface area contributed by atoms with E-state index in [1.165, 1.54) is 66.1 Å². The van der Waals surface area contributed by atoms with Gasteiger partial charge in [0, 0.05) is 61.2 Å². The minimum Gasteiger partial charge on any atom is -0.457 e. The lowest BCUT2D eigenvalue weighted by molar-refractivity contribution is 0.460. The van der Waals surface area contributed by atoms with Crippen molar-refractivity contribution >= 4 is 55.7 Å². The molecule has 0 spiro atoms. The summed E-state index contributed by atoms with van der Waals surface area (Å²) in [4.78, 5) is 4.75. The number of fused-ring (bicyclic) bond motifs is 2. The first-order valence-electron chi connectivity index (χ1n) is 31.4. The summed E-state index contributed by atoms with van der Waals surface area (Å²) < 4.78 is 13.3. The standard InChI is InChI=1S/C86H76N2O2/c1-83(2,61-26-13-9-14-27-61)65-40-44-67(45-41-65)87(81-58-56-79(75-36-21-23-38-77(75)81)85(5,6)63-30-17-11-18-31-63)69-48-52-71(53-49-69)89-73-34-25-35-74(60-73)90-72-54-50-70(51-55-72)88(68-46-42-66(43-47-68)84(3,4)62-28-15-10-16-29-62)82-59-57-80(76-37-22-24-39-78(76)82)86(7,8)64-32-19-12-20-33-64/h9-60H,1-8H3. The van der Waals surface area contributed by atoms with Crippen LogP contribution in [0.15, 0.2) is 315 Å². The molecule has 13 rings (SSSR count). The molecule has 0 aliphatic rings. The van der Waals surface area contributed by atoms with Crippen LogP contribution in [0.25, 0.3) is 21.5 Å². The summed E-state index contributed by atoms with van der Waals surface area (Å²) in [7, 11) is 0. The molecule has 0 aromatic heterocycles. The smallest absolute Gasteiger partial charge is 0.131 e. The first-order valence-corrected chi connectivity index (χ1v) is 31.4. The van der Waals surface area contributed by atoms with Gasteiger partial charge in [0.25, 0.3) is 0 Å². The summed E-state index contributed by atoms with van der Waals surface area (Å²) in [5, 5.41) is 4.79. The predicted molar refractivity (Wildman–Crippen MR) is 378 cm³/mol. The van der Waals surface area contributed by atoms with E-state index < -0.39 is 0 Å². The fourth-order valence-electron chi connectivity index (χ4n) is 13.2. The molecule has 0 bridgehead atoms. The van der Waals surface area contributed by atoms with E-state index in [2.05, 4.69) is 356 Å². The highest BCUT2D eigenvalue weighted by atomic mass is 16.5. The number of rotatable bonds is 18. The monoisotopic (exact) mass is 1170 g/mol. The number of benzene rings is 13. The molecule has 0 amide bonds. The molecule has 0 fully saturated rings. The van der Waals surface area contributed by atoms with E-state index in [9.17, 15) is 0 Å². The van der Waals surface area contributed by atoms with Gasteiger partial charge in [0.2, 0.25) is 0 Å². The molecule has 13 aromatic carbocycles. The zero-order valence-corrected chi connectivity index (χ0v) is 52.7. The normalized spacial score (nSPS) is 12.0. The largest absolute Gasteiger partial charge is 0.457 e. The maximum Gasteiger partial charge on any atom is 0.131 e. The van der Waals surface area contributed by atoms with Crippen LogP contribution < -0.4 is 19.3 Å². The van der Waals surface area contributed by atoms with Crippen LogP contribution >= 0.6 is 0 Å². The molecule has 90 heavy (non-hydrogen) atoms. The molecule has 0 saturated carbocycles. The molecule has 0 unspecified atom stereocenters. The van der Waals surface area contributed by atoms with Crippen LogP contribution in [0.3, 0.4) is 0 Å². The Morgan fingerprint density at radius 3 is 0.800 bits per heavy atom. The number of hydrogen-bond donors (Lipinski definition) is 0. The van der Waals surface area contributed by atoms with Gasteiger partial charge in [0.1, 0.15) is 23.0 Å². The first-order chi connectivity index (χ1) is 43.6. The average Bonchev–Trinajstić information content (AvgIpc) is 0.780. The lowest BCUT2D eigenvalue weighted by Gasteiger charge is -2.32. The second-order valence-electron chi connectivity index (χ2n) is 25.8. The molecule has 0 heterocycles. The molecule has 4 heteroatoms. The first kappa shape index (κ1) is 58.6. The summed E-state index contributed by atoms with van der Waals surface area (Å²) in [5.41, 5.74) is 15.7. The van der Waals surface area contributed by atoms with Crippen molar-refractivity contribution in [2.75, 3.05) is 9.80 Å². The van der Waals surface area contributed by atoms with Crippen molar-refractivity contribution in [3.8, 4) is 23.0 Å². The Bertz CT molecular complexity index is 4300. The lowest BCUT2D eigenvalue weighted by atomic mass is 9.76. The zero-order chi connectivity index (χ0) is 62.0. The third kappa shape index (κ3) is 11.4. The Kier molecular flexibility index (Phi) is 15.8. The van der Waals surface area contributed by atoms with Gasteiger partial charge in [0.15, 0.2) is 0 Å². The zero-order valence-electron chi connectivity index (χ0n) is 52.7. The summed E-state index contributed by atoms with van der Waals surface area (Å²) in [6, 6.07) is 113. The van der Waals surface area contributed by atoms with Gasteiger partial charge in [-0.05, 0) is 152 Å². The Balaban J connectivity index is 0.795. The fourth-order valence-corrected chi connectivity index (χ4v) is 13.2. The lowest BCUT2D eigenvalue weighted by Crippen LogP contribution is -2.20. The average molecular weight is 1170 g/mol. The third-order valence-corrected chi connectivity index (χ3v) is 18.8. The molecular formula is C86H76N2O2. The third-order valence-electron chi connectivity index (χ3n) is 18.8. The van der Waals surface area contributed by atoms with E-state index in [0.717, 1.165) is 34.1 Å². The molecule has 13 aromatic rings. The number of anilines is 6. The number of nitrogens with zero attached hydrogens (tertiary/aromatic N) is 2. The molecule has 0 aliphatic heterocycles. The topological polar surface area (TPSA) is 24.9 Å². The molecule has 442 valence electrons. The minimum atomic E-state index is -0.233. The van der Waals surface area contributed by atoms with Crippen LogP contribution in [0, 0.1) is 0 Å². The van der Waals surface area contributed by atoms with Crippen LogP contribution in [0.1, 0.15) is 99.9 Å². The molecule has 0 aliphatic carbocycles. The molecule has 0 N–H and O–H groups in total. The van der Waals surface area contributed by atoms with Gasteiger partial charge >= 0.3 is 0 Å². The van der Waals surface area contributed by atoms with Crippen molar-refractivity contribution in [3.05, 3.63) is 360 Å².